The molecule has 0 bridgehead atoms. The number of aliphatic carboxylic acids is 1. The molecule has 3 nitrogen and oxygen atoms in total. The van der Waals surface area contributed by atoms with Crippen LogP contribution in [0.1, 0.15) is 0 Å². The van der Waals surface area contributed by atoms with Gasteiger partial charge in [0, 0.05) is 40.8 Å². The maximum atomic E-state index is 9.24. The third kappa shape index (κ3) is 8.84. The molecule has 0 aliphatic carbocycles. The SMILES string of the molecule is NCC(=O)O.[Nd]. The van der Waals surface area contributed by atoms with Crippen LogP contribution in [0, 0.1) is 40.8 Å². The minimum absolute atomic E-state index is 0. The number of nitrogens with two attached hydrogens (primary N) is 1. The molecular formula is C2H5NNdO2. The Bertz CT molecular complexity index is 46.8. The predicted octanol–water partition coefficient (Wildman–Crippen LogP) is -0.970. The third-order valence-electron chi connectivity index (χ3n) is 0.175. The first-order chi connectivity index (χ1) is 2.27. The van der Waals surface area contributed by atoms with Crippen LogP contribution in [-0.2, 0) is 4.79 Å². The van der Waals surface area contributed by atoms with Crippen molar-refractivity contribution in [3.8, 4) is 0 Å². The molecule has 3 N–H and O–H groups in total. The summed E-state index contributed by atoms with van der Waals surface area (Å²) >= 11 is 0. The van der Waals surface area contributed by atoms with E-state index in [1.807, 2.05) is 0 Å². The number of hydrogen-bond acceptors (Lipinski definition) is 2. The van der Waals surface area contributed by atoms with E-state index in [0.717, 1.165) is 0 Å². The molecule has 0 radical (unpaired) electrons. The molecule has 0 spiro atoms. The molecule has 0 aromatic heterocycles. The second-order valence-electron chi connectivity index (χ2n) is 0.598. The van der Waals surface area contributed by atoms with Gasteiger partial charge in [-0.15, -0.1) is 0 Å². The summed E-state index contributed by atoms with van der Waals surface area (Å²) in [5.74, 6) is -0.968. The van der Waals surface area contributed by atoms with Crippen LogP contribution in [0.15, 0.2) is 0 Å². The Morgan fingerprint density at radius 1 is 1.83 bits per heavy atom. The van der Waals surface area contributed by atoms with Gasteiger partial charge in [-0.1, -0.05) is 0 Å². The van der Waals surface area contributed by atoms with Crippen molar-refractivity contribution in [2.45, 2.75) is 0 Å². The van der Waals surface area contributed by atoms with Gasteiger partial charge in [-0.2, -0.15) is 0 Å². The molecule has 0 aliphatic heterocycles. The Kier molecular flexibility index (Phi) is 9.55. The van der Waals surface area contributed by atoms with E-state index in [1.165, 1.54) is 0 Å². The van der Waals surface area contributed by atoms with Gasteiger partial charge in [-0.05, 0) is 0 Å². The van der Waals surface area contributed by atoms with Crippen LogP contribution in [0.2, 0.25) is 0 Å². The fourth-order valence-electron chi connectivity index (χ4n) is 0. The molecule has 0 fully saturated rings. The molecule has 34 valence electrons. The maximum Gasteiger partial charge on any atom is 0.317 e. The number of hydrogen-bond donors (Lipinski definition) is 2. The number of carboxylic acids is 1. The molecule has 0 amide bonds. The van der Waals surface area contributed by atoms with Crippen molar-refractivity contribution in [2.24, 2.45) is 5.73 Å². The maximum absolute atomic E-state index is 9.24. The van der Waals surface area contributed by atoms with E-state index in [1.54, 1.807) is 0 Å². The van der Waals surface area contributed by atoms with Crippen molar-refractivity contribution in [3.05, 3.63) is 0 Å². The van der Waals surface area contributed by atoms with Gasteiger partial charge in [-0.3, -0.25) is 4.79 Å². The van der Waals surface area contributed by atoms with Crippen molar-refractivity contribution >= 4 is 5.97 Å². The van der Waals surface area contributed by atoms with Crippen LogP contribution >= 0.6 is 0 Å². The summed E-state index contributed by atoms with van der Waals surface area (Å²) in [6.07, 6.45) is 0. The second kappa shape index (κ2) is 5.78. The van der Waals surface area contributed by atoms with Crippen LogP contribution in [-0.4, -0.2) is 17.6 Å². The van der Waals surface area contributed by atoms with Gasteiger partial charge in [0.05, 0.1) is 6.54 Å². The van der Waals surface area contributed by atoms with Crippen LogP contribution in [0.4, 0.5) is 0 Å². The summed E-state index contributed by atoms with van der Waals surface area (Å²) < 4.78 is 0. The van der Waals surface area contributed by atoms with Crippen molar-refractivity contribution in [2.75, 3.05) is 6.54 Å². The summed E-state index contributed by atoms with van der Waals surface area (Å²) in [5, 5.41) is 7.60. The Balaban J connectivity index is 0. The Morgan fingerprint density at radius 3 is 2.00 bits per heavy atom. The zero-order valence-corrected chi connectivity index (χ0v) is 6.35. The van der Waals surface area contributed by atoms with Gasteiger partial charge in [0.2, 0.25) is 0 Å². The number of rotatable bonds is 1. The first-order valence-corrected chi connectivity index (χ1v) is 1.19. The fraction of sp³-hybridized carbons (Fsp3) is 0.500. The molecule has 0 saturated carbocycles. The smallest absolute Gasteiger partial charge is 0.317 e. The molecule has 0 heterocycles. The molecule has 0 atom stereocenters. The normalized spacial score (nSPS) is 6.17. The Labute approximate surface area is 68.4 Å². The number of carboxylic acid groups (broad SMARTS) is 1. The van der Waals surface area contributed by atoms with Crippen LogP contribution in [0.5, 0.6) is 0 Å². The van der Waals surface area contributed by atoms with E-state index in [-0.39, 0.29) is 47.4 Å². The number of carbonyl (C=O) groups is 1. The van der Waals surface area contributed by atoms with E-state index in [2.05, 4.69) is 5.73 Å². The van der Waals surface area contributed by atoms with Crippen molar-refractivity contribution < 1.29 is 50.7 Å². The standard InChI is InChI=1S/C2H5NO2.Nd/c3-1-2(4)5;/h1,3H2,(H,4,5);. The third-order valence-corrected chi connectivity index (χ3v) is 0.175. The molecule has 0 aromatic carbocycles. The van der Waals surface area contributed by atoms with Crippen LogP contribution in [0.3, 0.4) is 0 Å². The van der Waals surface area contributed by atoms with E-state index >= 15 is 0 Å². The molecule has 0 aliphatic rings. The summed E-state index contributed by atoms with van der Waals surface area (Å²) in [6, 6.07) is 0. The first kappa shape index (κ1) is 9.91. The summed E-state index contributed by atoms with van der Waals surface area (Å²) in [4.78, 5) is 9.24. The molecule has 0 aromatic rings. The zero-order chi connectivity index (χ0) is 4.28. The summed E-state index contributed by atoms with van der Waals surface area (Å²) in [6.45, 7) is -0.278. The average Bonchev–Trinajstić information content (AvgIpc) is 1.38. The van der Waals surface area contributed by atoms with Gasteiger partial charge in [0.25, 0.3) is 0 Å². The second-order valence-corrected chi connectivity index (χ2v) is 0.598. The fourth-order valence-corrected chi connectivity index (χ4v) is 0. The molecule has 0 unspecified atom stereocenters. The van der Waals surface area contributed by atoms with Crippen molar-refractivity contribution in [1.29, 1.82) is 0 Å². The van der Waals surface area contributed by atoms with Gasteiger partial charge in [0.1, 0.15) is 0 Å². The quantitative estimate of drug-likeness (QED) is 0.596. The molecule has 6 heavy (non-hydrogen) atoms. The van der Waals surface area contributed by atoms with Crippen molar-refractivity contribution in [1.82, 2.24) is 0 Å². The Morgan fingerprint density at radius 2 is 2.00 bits per heavy atom. The van der Waals surface area contributed by atoms with E-state index in [9.17, 15) is 4.79 Å². The summed E-state index contributed by atoms with van der Waals surface area (Å²) in [7, 11) is 0. The first-order valence-electron chi connectivity index (χ1n) is 1.19. The van der Waals surface area contributed by atoms with Gasteiger partial charge < -0.3 is 10.8 Å². The molecular weight excluding hydrogens is 214 g/mol. The monoisotopic (exact) mass is 217 g/mol. The summed E-state index contributed by atoms with van der Waals surface area (Å²) in [5.41, 5.74) is 4.57. The van der Waals surface area contributed by atoms with Gasteiger partial charge in [-0.25, -0.2) is 0 Å². The molecule has 4 heteroatoms. The minimum atomic E-state index is -0.968. The van der Waals surface area contributed by atoms with Crippen molar-refractivity contribution in [3.63, 3.8) is 0 Å². The van der Waals surface area contributed by atoms with E-state index < -0.39 is 5.97 Å². The Hall–Kier alpha value is 0.781. The van der Waals surface area contributed by atoms with Gasteiger partial charge >= 0.3 is 5.97 Å². The molecule has 0 rings (SSSR count). The minimum Gasteiger partial charge on any atom is -0.480 e. The molecule has 0 saturated heterocycles. The largest absolute Gasteiger partial charge is 0.480 e. The van der Waals surface area contributed by atoms with Crippen LogP contribution in [0.25, 0.3) is 0 Å². The van der Waals surface area contributed by atoms with E-state index in [4.69, 9.17) is 5.11 Å². The van der Waals surface area contributed by atoms with Gasteiger partial charge in [0.15, 0.2) is 0 Å². The zero-order valence-electron chi connectivity index (χ0n) is 3.14. The topological polar surface area (TPSA) is 63.3 Å². The van der Waals surface area contributed by atoms with E-state index in [0.29, 0.717) is 0 Å². The van der Waals surface area contributed by atoms with Crippen LogP contribution < -0.4 is 5.73 Å². The predicted molar refractivity (Wildman–Crippen MR) is 16.7 cm³/mol. The average molecular weight is 219 g/mol.